The minimum absolute atomic E-state index is 0.0202. The molecule has 26 heavy (non-hydrogen) atoms. The summed E-state index contributed by atoms with van der Waals surface area (Å²) >= 11 is 1.08. The third kappa shape index (κ3) is 2.92. The van der Waals surface area contributed by atoms with Gasteiger partial charge in [-0.15, -0.1) is 11.3 Å². The maximum absolute atomic E-state index is 13.7. The number of hydrogen-bond donors (Lipinski definition) is 0. The lowest BCUT2D eigenvalue weighted by Crippen LogP contribution is -2.40. The van der Waals surface area contributed by atoms with Crippen molar-refractivity contribution in [3.05, 3.63) is 87.6 Å². The van der Waals surface area contributed by atoms with Gasteiger partial charge in [-0.25, -0.2) is 8.78 Å². The van der Waals surface area contributed by atoms with E-state index in [0.717, 1.165) is 34.4 Å². The highest BCUT2D eigenvalue weighted by Gasteiger charge is 2.36. The molecule has 0 fully saturated rings. The van der Waals surface area contributed by atoms with Crippen LogP contribution in [0.5, 0.6) is 0 Å². The summed E-state index contributed by atoms with van der Waals surface area (Å²) in [6.07, 6.45) is 0.603. The monoisotopic (exact) mass is 369 g/mol. The van der Waals surface area contributed by atoms with Crippen LogP contribution in [0.25, 0.3) is 0 Å². The zero-order chi connectivity index (χ0) is 18.3. The largest absolute Gasteiger partial charge is 0.300 e. The summed E-state index contributed by atoms with van der Waals surface area (Å²) in [6, 6.07) is 19.8. The second-order valence-corrected chi connectivity index (χ2v) is 7.59. The molecule has 2 aromatic carbocycles. The summed E-state index contributed by atoms with van der Waals surface area (Å²) in [5.74, 6) is -2.97. The summed E-state index contributed by atoms with van der Waals surface area (Å²) in [6.45, 7) is 0.902. The van der Waals surface area contributed by atoms with Crippen molar-refractivity contribution in [1.82, 2.24) is 0 Å². The predicted octanol–water partition coefficient (Wildman–Crippen LogP) is 5.80. The van der Waals surface area contributed by atoms with Gasteiger partial charge in [0.15, 0.2) is 0 Å². The first-order valence-electron chi connectivity index (χ1n) is 8.39. The van der Waals surface area contributed by atoms with Gasteiger partial charge in [-0.05, 0) is 42.3 Å². The number of rotatable bonds is 3. The Kier molecular flexibility index (Phi) is 4.11. The second-order valence-electron chi connectivity index (χ2n) is 6.48. The van der Waals surface area contributed by atoms with Gasteiger partial charge in [0.05, 0.1) is 10.9 Å². The highest BCUT2D eigenvalue weighted by molar-refractivity contribution is 7.12. The number of hydrogen-bond acceptors (Lipinski definition) is 2. The summed E-state index contributed by atoms with van der Waals surface area (Å²) in [5, 5.41) is 0. The number of amides is 1. The maximum Gasteiger partial charge on any atom is 0.279 e. The van der Waals surface area contributed by atoms with Gasteiger partial charge < -0.3 is 0 Å². The van der Waals surface area contributed by atoms with Crippen LogP contribution < -0.4 is 4.90 Å². The number of carbonyl (C=O) groups excluding carboxylic acids is 1. The zero-order valence-corrected chi connectivity index (χ0v) is 15.0. The molecule has 1 aliphatic rings. The quantitative estimate of drug-likeness (QED) is 0.571. The van der Waals surface area contributed by atoms with Crippen LogP contribution in [-0.4, -0.2) is 5.91 Å². The number of benzene rings is 2. The Balaban J connectivity index is 1.83. The molecule has 0 aliphatic carbocycles. The Morgan fingerprint density at radius 2 is 1.69 bits per heavy atom. The number of para-hydroxylation sites is 1. The van der Waals surface area contributed by atoms with E-state index in [-0.39, 0.29) is 16.8 Å². The molecule has 2 nitrogen and oxygen atoms in total. The first-order valence-corrected chi connectivity index (χ1v) is 9.21. The third-order valence-corrected chi connectivity index (χ3v) is 5.97. The van der Waals surface area contributed by atoms with Crippen molar-refractivity contribution in [2.45, 2.75) is 25.3 Å². The van der Waals surface area contributed by atoms with Crippen molar-refractivity contribution < 1.29 is 13.6 Å². The summed E-state index contributed by atoms with van der Waals surface area (Å²) < 4.78 is 27.4. The van der Waals surface area contributed by atoms with Crippen LogP contribution in [0.2, 0.25) is 0 Å². The van der Waals surface area contributed by atoms with Gasteiger partial charge in [0.25, 0.3) is 11.8 Å². The standard InChI is InChI=1S/C21H17F2NOS/c1-21(22,23)19-12-11-18(26-19)17-13-14-7-5-6-10-16(14)20(25)24(17)15-8-3-2-4-9-15/h2-12,17H,13H2,1H3. The Labute approximate surface area is 154 Å². The van der Waals surface area contributed by atoms with Crippen molar-refractivity contribution >= 4 is 22.9 Å². The van der Waals surface area contributed by atoms with Gasteiger partial charge in [-0.1, -0.05) is 36.4 Å². The number of fused-ring (bicyclic) bond motifs is 1. The van der Waals surface area contributed by atoms with E-state index in [1.54, 1.807) is 11.0 Å². The molecule has 1 atom stereocenters. The van der Waals surface area contributed by atoms with Crippen LogP contribution in [0.15, 0.2) is 66.7 Å². The molecule has 0 spiro atoms. The molecule has 0 bridgehead atoms. The first kappa shape index (κ1) is 16.9. The number of thiophene rings is 1. The molecule has 2 heterocycles. The normalized spacial score (nSPS) is 17.3. The lowest BCUT2D eigenvalue weighted by atomic mass is 9.92. The molecular formula is C21H17F2NOS. The van der Waals surface area contributed by atoms with Gasteiger partial charge >= 0.3 is 0 Å². The number of carbonyl (C=O) groups is 1. The molecule has 5 heteroatoms. The molecule has 132 valence electrons. The first-order chi connectivity index (χ1) is 12.4. The Hall–Kier alpha value is -2.53. The minimum Gasteiger partial charge on any atom is -0.300 e. The van der Waals surface area contributed by atoms with Gasteiger partial charge in [0.2, 0.25) is 0 Å². The SMILES string of the molecule is CC(F)(F)c1ccc(C2Cc3ccccc3C(=O)N2c2ccccc2)s1. The fraction of sp³-hybridized carbons (Fsp3) is 0.190. The average molecular weight is 369 g/mol. The van der Waals surface area contributed by atoms with Gasteiger partial charge in [0.1, 0.15) is 0 Å². The number of halogens is 2. The minimum atomic E-state index is -2.88. The molecule has 4 rings (SSSR count). The zero-order valence-electron chi connectivity index (χ0n) is 14.2. The summed E-state index contributed by atoms with van der Waals surface area (Å²) in [5.41, 5.74) is 2.40. The smallest absolute Gasteiger partial charge is 0.279 e. The highest BCUT2D eigenvalue weighted by atomic mass is 32.1. The Morgan fingerprint density at radius 3 is 2.38 bits per heavy atom. The van der Waals surface area contributed by atoms with Crippen LogP contribution in [0, 0.1) is 0 Å². The van der Waals surface area contributed by atoms with E-state index in [2.05, 4.69) is 0 Å². The lowest BCUT2D eigenvalue weighted by molar-refractivity contribution is 0.0215. The van der Waals surface area contributed by atoms with E-state index in [1.165, 1.54) is 6.07 Å². The Morgan fingerprint density at radius 1 is 1.00 bits per heavy atom. The fourth-order valence-electron chi connectivity index (χ4n) is 3.36. The molecular weight excluding hydrogens is 352 g/mol. The molecule has 3 aromatic rings. The van der Waals surface area contributed by atoms with E-state index in [4.69, 9.17) is 0 Å². The number of nitrogens with zero attached hydrogens (tertiary/aromatic N) is 1. The van der Waals surface area contributed by atoms with Crippen LogP contribution >= 0.6 is 11.3 Å². The van der Waals surface area contributed by atoms with Crippen molar-refractivity contribution in [3.8, 4) is 0 Å². The summed E-state index contributed by atoms with van der Waals surface area (Å²) in [7, 11) is 0. The van der Waals surface area contributed by atoms with Crippen LogP contribution in [0.3, 0.4) is 0 Å². The third-order valence-electron chi connectivity index (χ3n) is 4.61. The van der Waals surface area contributed by atoms with Gasteiger partial charge in [-0.3, -0.25) is 9.69 Å². The topological polar surface area (TPSA) is 20.3 Å². The predicted molar refractivity (Wildman–Crippen MR) is 100 cm³/mol. The molecule has 0 saturated heterocycles. The van der Waals surface area contributed by atoms with Crippen molar-refractivity contribution in [2.24, 2.45) is 0 Å². The van der Waals surface area contributed by atoms with E-state index >= 15 is 0 Å². The molecule has 0 radical (unpaired) electrons. The number of alkyl halides is 2. The fourth-order valence-corrected chi connectivity index (χ4v) is 4.39. The van der Waals surface area contributed by atoms with Crippen LogP contribution in [0.4, 0.5) is 14.5 Å². The van der Waals surface area contributed by atoms with E-state index in [9.17, 15) is 13.6 Å². The van der Waals surface area contributed by atoms with Crippen molar-refractivity contribution in [1.29, 1.82) is 0 Å². The number of anilines is 1. The summed E-state index contributed by atoms with van der Waals surface area (Å²) in [4.78, 5) is 15.7. The Bertz CT molecular complexity index is 946. The molecule has 0 saturated carbocycles. The molecule has 1 unspecified atom stereocenters. The molecule has 0 N–H and O–H groups in total. The van der Waals surface area contributed by atoms with Crippen LogP contribution in [-0.2, 0) is 12.3 Å². The van der Waals surface area contributed by atoms with E-state index < -0.39 is 5.92 Å². The lowest BCUT2D eigenvalue weighted by Gasteiger charge is -2.36. The van der Waals surface area contributed by atoms with Crippen molar-refractivity contribution in [3.63, 3.8) is 0 Å². The highest BCUT2D eigenvalue weighted by Crippen LogP contribution is 2.42. The second kappa shape index (κ2) is 6.32. The van der Waals surface area contributed by atoms with E-state index in [0.29, 0.717) is 12.0 Å². The van der Waals surface area contributed by atoms with Gasteiger partial charge in [0, 0.05) is 23.1 Å². The van der Waals surface area contributed by atoms with Crippen molar-refractivity contribution in [2.75, 3.05) is 4.90 Å². The molecule has 1 aromatic heterocycles. The molecule has 1 amide bonds. The van der Waals surface area contributed by atoms with Gasteiger partial charge in [-0.2, -0.15) is 0 Å². The van der Waals surface area contributed by atoms with E-state index in [1.807, 2.05) is 54.6 Å². The average Bonchev–Trinajstić information content (AvgIpc) is 3.13. The van der Waals surface area contributed by atoms with Crippen LogP contribution in [0.1, 0.15) is 38.6 Å². The maximum atomic E-state index is 13.7. The molecule has 1 aliphatic heterocycles.